The smallest absolute Gasteiger partial charge is 0.253 e. The van der Waals surface area contributed by atoms with Gasteiger partial charge in [0.2, 0.25) is 6.79 Å². The van der Waals surface area contributed by atoms with Crippen LogP contribution in [0.25, 0.3) is 11.4 Å². The predicted octanol–water partition coefficient (Wildman–Crippen LogP) is 4.14. The second-order valence-electron chi connectivity index (χ2n) is 6.82. The number of aromatic nitrogens is 3. The van der Waals surface area contributed by atoms with E-state index in [9.17, 15) is 4.79 Å². The summed E-state index contributed by atoms with van der Waals surface area (Å²) in [6, 6.07) is 12.8. The lowest BCUT2D eigenvalue weighted by Gasteiger charge is -2.11. The normalized spacial score (nSPS) is 13.3. The number of thioether (sulfide) groups is 1. The molecule has 0 saturated carbocycles. The van der Waals surface area contributed by atoms with Crippen LogP contribution in [0, 0.1) is 0 Å². The SMILES string of the molecule is C=CCn1c(S[C@H](C)C(=O)N/N=C\c2ccc3c(c2)OCO3)nnc1-c1ccc(Cl)cc1. The number of hydrogen-bond acceptors (Lipinski definition) is 7. The van der Waals surface area contributed by atoms with E-state index in [1.807, 2.05) is 22.8 Å². The van der Waals surface area contributed by atoms with Crippen molar-refractivity contribution in [2.75, 3.05) is 6.79 Å². The van der Waals surface area contributed by atoms with E-state index in [1.165, 1.54) is 11.8 Å². The molecule has 2 aromatic carbocycles. The maximum atomic E-state index is 12.5. The van der Waals surface area contributed by atoms with Crippen LogP contribution in [-0.2, 0) is 11.3 Å². The fourth-order valence-corrected chi connectivity index (χ4v) is 3.93. The number of hydrogen-bond donors (Lipinski definition) is 1. The number of carbonyl (C=O) groups excluding carboxylic acids is 1. The fourth-order valence-electron chi connectivity index (χ4n) is 2.95. The zero-order valence-electron chi connectivity index (χ0n) is 17.2. The monoisotopic (exact) mass is 469 g/mol. The highest BCUT2D eigenvalue weighted by atomic mass is 35.5. The third-order valence-electron chi connectivity index (χ3n) is 4.57. The molecule has 1 aliphatic rings. The Morgan fingerprint density at radius 2 is 2.06 bits per heavy atom. The lowest BCUT2D eigenvalue weighted by molar-refractivity contribution is -0.120. The lowest BCUT2D eigenvalue weighted by atomic mass is 10.2. The van der Waals surface area contributed by atoms with Crippen molar-refractivity contribution in [1.82, 2.24) is 20.2 Å². The van der Waals surface area contributed by atoms with Crippen molar-refractivity contribution >= 4 is 35.5 Å². The fraction of sp³-hybridized carbons (Fsp3) is 0.182. The third-order valence-corrected chi connectivity index (χ3v) is 5.90. The van der Waals surface area contributed by atoms with Crippen molar-refractivity contribution in [1.29, 1.82) is 0 Å². The Kier molecular flexibility index (Phi) is 6.77. The molecule has 10 heteroatoms. The molecule has 1 amide bonds. The molecule has 8 nitrogen and oxygen atoms in total. The number of amides is 1. The number of allylic oxidation sites excluding steroid dienone is 1. The summed E-state index contributed by atoms with van der Waals surface area (Å²) in [5, 5.41) is 13.4. The highest BCUT2D eigenvalue weighted by Crippen LogP contribution is 2.32. The van der Waals surface area contributed by atoms with Gasteiger partial charge in [-0.05, 0) is 55.0 Å². The molecule has 0 bridgehead atoms. The molecule has 1 aliphatic heterocycles. The Morgan fingerprint density at radius 1 is 1.28 bits per heavy atom. The van der Waals surface area contributed by atoms with E-state index in [-0.39, 0.29) is 12.7 Å². The molecule has 4 rings (SSSR count). The van der Waals surface area contributed by atoms with Crippen molar-refractivity contribution in [3.63, 3.8) is 0 Å². The average molecular weight is 470 g/mol. The van der Waals surface area contributed by atoms with Gasteiger partial charge in [-0.15, -0.1) is 16.8 Å². The third kappa shape index (κ3) is 4.95. The average Bonchev–Trinajstić information content (AvgIpc) is 3.41. The summed E-state index contributed by atoms with van der Waals surface area (Å²) >= 11 is 7.28. The summed E-state index contributed by atoms with van der Waals surface area (Å²) in [4.78, 5) is 12.5. The highest BCUT2D eigenvalue weighted by molar-refractivity contribution is 8.00. The molecular weight excluding hydrogens is 450 g/mol. The van der Waals surface area contributed by atoms with Crippen LogP contribution in [0.4, 0.5) is 0 Å². The molecule has 0 radical (unpaired) electrons. The van der Waals surface area contributed by atoms with Crippen LogP contribution in [0.2, 0.25) is 5.02 Å². The summed E-state index contributed by atoms with van der Waals surface area (Å²) in [6.45, 7) is 6.30. The van der Waals surface area contributed by atoms with Gasteiger partial charge in [0.15, 0.2) is 22.5 Å². The second-order valence-corrected chi connectivity index (χ2v) is 8.56. The first-order valence-corrected chi connectivity index (χ1v) is 11.0. The quantitative estimate of drug-likeness (QED) is 0.231. The van der Waals surface area contributed by atoms with Crippen LogP contribution in [0.3, 0.4) is 0 Å². The zero-order valence-corrected chi connectivity index (χ0v) is 18.8. The Labute approximate surface area is 194 Å². The van der Waals surface area contributed by atoms with Crippen LogP contribution < -0.4 is 14.9 Å². The van der Waals surface area contributed by atoms with E-state index in [4.69, 9.17) is 21.1 Å². The number of nitrogens with zero attached hydrogens (tertiary/aromatic N) is 4. The summed E-state index contributed by atoms with van der Waals surface area (Å²) in [7, 11) is 0. The molecule has 1 aromatic heterocycles. The van der Waals surface area contributed by atoms with Crippen LogP contribution >= 0.6 is 23.4 Å². The van der Waals surface area contributed by atoms with Crippen molar-refractivity contribution in [3.8, 4) is 22.9 Å². The van der Waals surface area contributed by atoms with Gasteiger partial charge in [0.25, 0.3) is 5.91 Å². The topological polar surface area (TPSA) is 90.6 Å². The molecule has 0 spiro atoms. The van der Waals surface area contributed by atoms with Crippen molar-refractivity contribution < 1.29 is 14.3 Å². The summed E-state index contributed by atoms with van der Waals surface area (Å²) in [5.74, 6) is 1.77. The molecular formula is C22H20ClN5O3S. The van der Waals surface area contributed by atoms with Crippen LogP contribution in [0.1, 0.15) is 12.5 Å². The maximum Gasteiger partial charge on any atom is 0.253 e. The van der Waals surface area contributed by atoms with E-state index < -0.39 is 5.25 Å². The summed E-state index contributed by atoms with van der Waals surface area (Å²) < 4.78 is 12.5. The molecule has 0 unspecified atom stereocenters. The molecule has 0 fully saturated rings. The van der Waals surface area contributed by atoms with Crippen LogP contribution in [-0.4, -0.2) is 38.9 Å². The number of halogens is 1. The minimum atomic E-state index is -0.449. The number of fused-ring (bicyclic) bond motifs is 1. The lowest BCUT2D eigenvalue weighted by Crippen LogP contribution is -2.27. The number of benzene rings is 2. The van der Waals surface area contributed by atoms with Gasteiger partial charge in [-0.3, -0.25) is 9.36 Å². The molecule has 3 aromatic rings. The number of rotatable bonds is 8. The van der Waals surface area contributed by atoms with Gasteiger partial charge in [-0.25, -0.2) is 5.43 Å². The van der Waals surface area contributed by atoms with Gasteiger partial charge in [0, 0.05) is 17.1 Å². The molecule has 32 heavy (non-hydrogen) atoms. The van der Waals surface area contributed by atoms with E-state index in [0.717, 1.165) is 11.1 Å². The summed E-state index contributed by atoms with van der Waals surface area (Å²) in [6.07, 6.45) is 3.31. The van der Waals surface area contributed by atoms with E-state index in [1.54, 1.807) is 43.5 Å². The minimum Gasteiger partial charge on any atom is -0.454 e. The number of nitrogens with one attached hydrogen (secondary N) is 1. The standard InChI is InChI=1S/C22H20ClN5O3S/c1-3-10-28-20(16-5-7-17(23)8-6-16)25-27-22(28)32-14(2)21(29)26-24-12-15-4-9-18-19(11-15)31-13-30-18/h3-9,11-12,14H,1,10,13H2,2H3,(H,26,29)/b24-12-/t14-/m1/s1. The van der Waals surface area contributed by atoms with Crippen LogP contribution in [0.5, 0.6) is 11.5 Å². The molecule has 1 atom stereocenters. The van der Waals surface area contributed by atoms with E-state index in [0.29, 0.717) is 34.0 Å². The first kappa shape index (κ1) is 21.9. The van der Waals surface area contributed by atoms with Gasteiger partial charge < -0.3 is 9.47 Å². The first-order chi connectivity index (χ1) is 15.5. The Balaban J connectivity index is 1.41. The molecule has 0 saturated heterocycles. The van der Waals surface area contributed by atoms with Gasteiger partial charge in [0.1, 0.15) is 0 Å². The van der Waals surface area contributed by atoms with Gasteiger partial charge >= 0.3 is 0 Å². The van der Waals surface area contributed by atoms with Gasteiger partial charge in [0.05, 0.1) is 11.5 Å². The Bertz CT molecular complexity index is 1160. The Morgan fingerprint density at radius 3 is 2.84 bits per heavy atom. The van der Waals surface area contributed by atoms with Crippen molar-refractivity contribution in [3.05, 3.63) is 65.7 Å². The predicted molar refractivity (Wildman–Crippen MR) is 124 cm³/mol. The van der Waals surface area contributed by atoms with Crippen molar-refractivity contribution in [2.24, 2.45) is 5.10 Å². The minimum absolute atomic E-state index is 0.206. The van der Waals surface area contributed by atoms with Crippen LogP contribution in [0.15, 0.2) is 65.4 Å². The Hall–Kier alpha value is -3.30. The molecule has 2 heterocycles. The molecule has 1 N–H and O–H groups in total. The summed E-state index contributed by atoms with van der Waals surface area (Å²) in [5.41, 5.74) is 4.22. The van der Waals surface area contributed by atoms with E-state index in [2.05, 4.69) is 27.3 Å². The van der Waals surface area contributed by atoms with Gasteiger partial charge in [-0.2, -0.15) is 5.10 Å². The van der Waals surface area contributed by atoms with Gasteiger partial charge in [-0.1, -0.05) is 29.4 Å². The zero-order chi connectivity index (χ0) is 22.5. The second kappa shape index (κ2) is 9.88. The largest absolute Gasteiger partial charge is 0.454 e. The molecule has 164 valence electrons. The maximum absolute atomic E-state index is 12.5. The number of hydrazone groups is 1. The van der Waals surface area contributed by atoms with E-state index >= 15 is 0 Å². The molecule has 0 aliphatic carbocycles. The van der Waals surface area contributed by atoms with Crippen molar-refractivity contribution in [2.45, 2.75) is 23.9 Å². The first-order valence-electron chi connectivity index (χ1n) is 9.74. The number of carbonyl (C=O) groups is 1. The highest BCUT2D eigenvalue weighted by Gasteiger charge is 2.20. The number of ether oxygens (including phenoxy) is 2.